The Hall–Kier alpha value is -0.0400. The van der Waals surface area contributed by atoms with Gasteiger partial charge in [-0.2, -0.15) is 0 Å². The van der Waals surface area contributed by atoms with Crippen LogP contribution in [0.4, 0.5) is 0 Å². The van der Waals surface area contributed by atoms with Crippen LogP contribution in [-0.4, -0.2) is 25.5 Å². The van der Waals surface area contributed by atoms with E-state index in [1.54, 1.807) is 0 Å². The molecule has 0 spiro atoms. The van der Waals surface area contributed by atoms with E-state index in [0.29, 0.717) is 0 Å². The molecule has 0 aromatic carbocycles. The maximum Gasteiger partial charge on any atom is -0.00247 e. The van der Waals surface area contributed by atoms with E-state index in [4.69, 9.17) is 0 Å². The summed E-state index contributed by atoms with van der Waals surface area (Å²) in [6.45, 7) is 5.93. The second-order valence-corrected chi connectivity index (χ2v) is 7.19. The molecule has 1 heteroatoms. The third kappa shape index (κ3) is 16.2. The van der Waals surface area contributed by atoms with Crippen LogP contribution in [0.5, 0.6) is 0 Å². The van der Waals surface area contributed by atoms with E-state index in [9.17, 15) is 0 Å². The van der Waals surface area contributed by atoms with Gasteiger partial charge in [-0.1, -0.05) is 90.9 Å². The van der Waals surface area contributed by atoms with E-state index in [0.717, 1.165) is 5.92 Å². The van der Waals surface area contributed by atoms with Gasteiger partial charge in [0.1, 0.15) is 0 Å². The molecule has 21 heavy (non-hydrogen) atoms. The van der Waals surface area contributed by atoms with Gasteiger partial charge in [0.05, 0.1) is 0 Å². The maximum absolute atomic E-state index is 2.37. The number of hydrogen-bond donors (Lipinski definition) is 0. The third-order valence-corrected chi connectivity index (χ3v) is 4.76. The zero-order valence-corrected chi connectivity index (χ0v) is 15.6. The van der Waals surface area contributed by atoms with Crippen LogP contribution in [0.2, 0.25) is 0 Å². The van der Waals surface area contributed by atoms with Crippen molar-refractivity contribution in [3.05, 3.63) is 0 Å². The molecule has 1 unspecified atom stereocenters. The minimum atomic E-state index is 0.985. The monoisotopic (exact) mass is 297 g/mol. The molecule has 0 saturated carbocycles. The predicted octanol–water partition coefficient (Wildman–Crippen LogP) is 6.67. The average molecular weight is 298 g/mol. The van der Waals surface area contributed by atoms with Crippen molar-refractivity contribution in [3.8, 4) is 0 Å². The summed E-state index contributed by atoms with van der Waals surface area (Å²) in [5.74, 6) is 0.985. The van der Waals surface area contributed by atoms with Crippen LogP contribution in [0.3, 0.4) is 0 Å². The summed E-state index contributed by atoms with van der Waals surface area (Å²) in [6.07, 6.45) is 20.2. The summed E-state index contributed by atoms with van der Waals surface area (Å²) < 4.78 is 0. The topological polar surface area (TPSA) is 3.24 Å². The van der Waals surface area contributed by atoms with Crippen LogP contribution in [0, 0.1) is 5.92 Å². The minimum Gasteiger partial charge on any atom is -0.309 e. The Bertz CT molecular complexity index is 188. The van der Waals surface area contributed by atoms with Gasteiger partial charge in [-0.15, -0.1) is 0 Å². The van der Waals surface area contributed by atoms with Gasteiger partial charge < -0.3 is 4.90 Å². The fraction of sp³-hybridized carbons (Fsp3) is 1.00. The fourth-order valence-corrected chi connectivity index (χ4v) is 3.17. The molecule has 0 rings (SSSR count). The lowest BCUT2D eigenvalue weighted by molar-refractivity contribution is 0.345. The Kier molecular flexibility index (Phi) is 16.3. The summed E-state index contributed by atoms with van der Waals surface area (Å²) in [4.78, 5) is 2.31. The number of nitrogens with zero attached hydrogens (tertiary/aromatic N) is 1. The molecule has 0 fully saturated rings. The Morgan fingerprint density at radius 2 is 1.10 bits per heavy atom. The molecule has 0 amide bonds. The highest BCUT2D eigenvalue weighted by Crippen LogP contribution is 2.20. The molecular weight excluding hydrogens is 254 g/mol. The quantitative estimate of drug-likeness (QED) is 0.288. The van der Waals surface area contributed by atoms with Crippen molar-refractivity contribution in [2.24, 2.45) is 5.92 Å². The average Bonchev–Trinajstić information content (AvgIpc) is 2.47. The van der Waals surface area contributed by atoms with E-state index in [-0.39, 0.29) is 0 Å². The van der Waals surface area contributed by atoms with Crippen molar-refractivity contribution in [2.45, 2.75) is 104 Å². The lowest BCUT2D eigenvalue weighted by Gasteiger charge is -2.16. The first kappa shape index (κ1) is 21.0. The van der Waals surface area contributed by atoms with Gasteiger partial charge in [-0.3, -0.25) is 0 Å². The van der Waals surface area contributed by atoms with Gasteiger partial charge in [0.25, 0.3) is 0 Å². The molecule has 0 aliphatic heterocycles. The van der Waals surface area contributed by atoms with Crippen molar-refractivity contribution < 1.29 is 0 Å². The summed E-state index contributed by atoms with van der Waals surface area (Å²) in [7, 11) is 4.37. The normalized spacial score (nSPS) is 13.0. The van der Waals surface area contributed by atoms with Gasteiger partial charge in [-0.05, 0) is 39.4 Å². The SMILES string of the molecule is CCCCCCCCCCCCC(CC)CCCN(C)C. The Balaban J connectivity index is 3.27. The van der Waals surface area contributed by atoms with Crippen molar-refractivity contribution in [1.29, 1.82) is 0 Å². The molecule has 0 radical (unpaired) electrons. The van der Waals surface area contributed by atoms with Gasteiger partial charge in [0.15, 0.2) is 0 Å². The number of hydrogen-bond acceptors (Lipinski definition) is 1. The summed E-state index contributed by atoms with van der Waals surface area (Å²) in [5.41, 5.74) is 0. The predicted molar refractivity (Wildman–Crippen MR) is 98.0 cm³/mol. The number of unbranched alkanes of at least 4 members (excludes halogenated alkanes) is 9. The summed E-state index contributed by atoms with van der Waals surface area (Å²) >= 11 is 0. The molecule has 0 aliphatic carbocycles. The van der Waals surface area contributed by atoms with Crippen molar-refractivity contribution in [2.75, 3.05) is 20.6 Å². The first-order chi connectivity index (χ1) is 10.2. The highest BCUT2D eigenvalue weighted by molar-refractivity contribution is 4.59. The third-order valence-electron chi connectivity index (χ3n) is 4.76. The fourth-order valence-electron chi connectivity index (χ4n) is 3.17. The smallest absolute Gasteiger partial charge is 0.00247 e. The first-order valence-electron chi connectivity index (χ1n) is 9.85. The molecular formula is C20H43N. The van der Waals surface area contributed by atoms with Gasteiger partial charge in [-0.25, -0.2) is 0 Å². The van der Waals surface area contributed by atoms with Gasteiger partial charge in [0.2, 0.25) is 0 Å². The molecule has 0 aromatic heterocycles. The van der Waals surface area contributed by atoms with Crippen molar-refractivity contribution in [1.82, 2.24) is 4.90 Å². The van der Waals surface area contributed by atoms with E-state index in [1.807, 2.05) is 0 Å². The van der Waals surface area contributed by atoms with Crippen LogP contribution >= 0.6 is 0 Å². The van der Waals surface area contributed by atoms with Gasteiger partial charge >= 0.3 is 0 Å². The Labute approximate surface area is 135 Å². The van der Waals surface area contributed by atoms with Gasteiger partial charge in [0, 0.05) is 0 Å². The molecule has 0 saturated heterocycles. The van der Waals surface area contributed by atoms with Crippen molar-refractivity contribution >= 4 is 0 Å². The molecule has 0 N–H and O–H groups in total. The summed E-state index contributed by atoms with van der Waals surface area (Å²) in [5, 5.41) is 0. The molecule has 0 aliphatic rings. The second kappa shape index (κ2) is 16.3. The first-order valence-corrected chi connectivity index (χ1v) is 9.85. The van der Waals surface area contributed by atoms with Crippen LogP contribution in [0.1, 0.15) is 104 Å². The lowest BCUT2D eigenvalue weighted by atomic mass is 9.93. The molecule has 0 bridgehead atoms. The van der Waals surface area contributed by atoms with Crippen molar-refractivity contribution in [3.63, 3.8) is 0 Å². The van der Waals surface area contributed by atoms with Crippen LogP contribution in [0.25, 0.3) is 0 Å². The van der Waals surface area contributed by atoms with E-state index in [1.165, 1.54) is 96.4 Å². The van der Waals surface area contributed by atoms with Crippen LogP contribution < -0.4 is 0 Å². The molecule has 0 aromatic rings. The second-order valence-electron chi connectivity index (χ2n) is 7.19. The number of rotatable bonds is 16. The molecule has 0 heterocycles. The lowest BCUT2D eigenvalue weighted by Crippen LogP contribution is -2.14. The summed E-state index contributed by atoms with van der Waals surface area (Å²) in [6, 6.07) is 0. The van der Waals surface area contributed by atoms with E-state index < -0.39 is 0 Å². The highest BCUT2D eigenvalue weighted by Gasteiger charge is 2.06. The largest absolute Gasteiger partial charge is 0.309 e. The Morgan fingerprint density at radius 1 is 0.619 bits per heavy atom. The van der Waals surface area contributed by atoms with E-state index in [2.05, 4.69) is 32.8 Å². The zero-order valence-electron chi connectivity index (χ0n) is 15.6. The van der Waals surface area contributed by atoms with Crippen LogP contribution in [0.15, 0.2) is 0 Å². The standard InChI is InChI=1S/C20H43N/c1-5-7-8-9-10-11-12-13-14-15-17-20(6-2)18-16-19-21(3)4/h20H,5-19H2,1-4H3. The molecule has 128 valence electrons. The highest BCUT2D eigenvalue weighted by atomic mass is 15.0. The molecule has 1 atom stereocenters. The van der Waals surface area contributed by atoms with E-state index >= 15 is 0 Å². The van der Waals surface area contributed by atoms with Crippen LogP contribution in [-0.2, 0) is 0 Å². The Morgan fingerprint density at radius 3 is 1.57 bits per heavy atom. The molecule has 1 nitrogen and oxygen atoms in total. The zero-order chi connectivity index (χ0) is 15.8. The maximum atomic E-state index is 2.37. The minimum absolute atomic E-state index is 0.985.